The molecule has 6 heteroatoms. The summed E-state index contributed by atoms with van der Waals surface area (Å²) in [6.45, 7) is 0.459. The molecule has 0 atom stereocenters. The average Bonchev–Trinajstić information content (AvgIpc) is 3.18. The fourth-order valence-corrected chi connectivity index (χ4v) is 3.92. The minimum Gasteiger partial charge on any atom is -0.497 e. The Morgan fingerprint density at radius 1 is 1.24 bits per heavy atom. The third-order valence-electron chi connectivity index (χ3n) is 3.58. The van der Waals surface area contributed by atoms with Gasteiger partial charge in [0, 0.05) is 22.6 Å². The summed E-state index contributed by atoms with van der Waals surface area (Å²) in [4.78, 5) is 17.8. The van der Waals surface area contributed by atoms with Gasteiger partial charge in [0.15, 0.2) is 0 Å². The normalized spacial score (nSPS) is 10.4. The van der Waals surface area contributed by atoms with E-state index >= 15 is 0 Å². The lowest BCUT2D eigenvalue weighted by atomic mass is 10.2. The number of thiazole rings is 1. The van der Waals surface area contributed by atoms with Gasteiger partial charge in [-0.15, -0.1) is 23.1 Å². The van der Waals surface area contributed by atoms with Crippen LogP contribution in [0.5, 0.6) is 5.75 Å². The Balaban J connectivity index is 1.65. The molecule has 0 radical (unpaired) electrons. The molecule has 0 bridgehead atoms. The number of benzene rings is 2. The van der Waals surface area contributed by atoms with Gasteiger partial charge in [-0.1, -0.05) is 24.3 Å². The van der Waals surface area contributed by atoms with Crippen LogP contribution in [-0.2, 0) is 12.3 Å². The molecule has 0 aliphatic carbocycles. The fraction of sp³-hybridized carbons (Fsp3) is 0.158. The Morgan fingerprint density at radius 2 is 2.12 bits per heavy atom. The number of amides is 1. The van der Waals surface area contributed by atoms with Crippen LogP contribution in [0.15, 0.2) is 64.3 Å². The van der Waals surface area contributed by atoms with Gasteiger partial charge in [0.25, 0.3) is 5.91 Å². The lowest BCUT2D eigenvalue weighted by Gasteiger charge is -2.10. The Kier molecular flexibility index (Phi) is 6.09. The maximum absolute atomic E-state index is 12.6. The molecule has 1 aromatic heterocycles. The number of hydrogen-bond acceptors (Lipinski definition) is 5. The van der Waals surface area contributed by atoms with Crippen molar-refractivity contribution in [3.05, 3.63) is 76.2 Å². The van der Waals surface area contributed by atoms with E-state index in [1.54, 1.807) is 30.2 Å². The van der Waals surface area contributed by atoms with Crippen molar-refractivity contribution in [3.8, 4) is 5.75 Å². The number of nitrogens with one attached hydrogen (secondary N) is 1. The highest BCUT2D eigenvalue weighted by Crippen LogP contribution is 2.26. The Bertz CT molecular complexity index is 835. The summed E-state index contributed by atoms with van der Waals surface area (Å²) in [6.07, 6.45) is 0. The van der Waals surface area contributed by atoms with Crippen LogP contribution in [-0.4, -0.2) is 18.0 Å². The molecule has 3 rings (SSSR count). The van der Waals surface area contributed by atoms with E-state index < -0.39 is 0 Å². The van der Waals surface area contributed by atoms with Gasteiger partial charge >= 0.3 is 0 Å². The quantitative estimate of drug-likeness (QED) is 0.627. The summed E-state index contributed by atoms with van der Waals surface area (Å²) >= 11 is 3.20. The molecule has 0 fully saturated rings. The van der Waals surface area contributed by atoms with Crippen molar-refractivity contribution >= 4 is 29.0 Å². The van der Waals surface area contributed by atoms with Gasteiger partial charge in [0.1, 0.15) is 5.75 Å². The zero-order valence-corrected chi connectivity index (χ0v) is 15.4. The number of ether oxygens (including phenoxy) is 1. The van der Waals surface area contributed by atoms with Gasteiger partial charge in [0.05, 0.1) is 23.9 Å². The number of aromatic nitrogens is 1. The molecule has 1 amide bonds. The van der Waals surface area contributed by atoms with Crippen LogP contribution in [0.3, 0.4) is 0 Å². The number of nitrogens with zero attached hydrogens (tertiary/aromatic N) is 1. The molecule has 2 aromatic carbocycles. The maximum Gasteiger partial charge on any atom is 0.252 e. The van der Waals surface area contributed by atoms with Gasteiger partial charge in [-0.05, 0) is 29.8 Å². The monoisotopic (exact) mass is 370 g/mol. The van der Waals surface area contributed by atoms with Crippen molar-refractivity contribution in [2.75, 3.05) is 7.11 Å². The smallest absolute Gasteiger partial charge is 0.252 e. The molecule has 1 heterocycles. The predicted molar refractivity (Wildman–Crippen MR) is 102 cm³/mol. The molecule has 128 valence electrons. The number of methoxy groups -OCH3 is 1. The van der Waals surface area contributed by atoms with Crippen LogP contribution >= 0.6 is 23.1 Å². The molecule has 0 spiro atoms. The van der Waals surface area contributed by atoms with Gasteiger partial charge in [-0.2, -0.15) is 0 Å². The summed E-state index contributed by atoms with van der Waals surface area (Å²) in [6, 6.07) is 15.3. The zero-order chi connectivity index (χ0) is 17.5. The van der Waals surface area contributed by atoms with E-state index in [4.69, 9.17) is 4.74 Å². The number of rotatable bonds is 7. The predicted octanol–water partition coefficient (Wildman–Crippen LogP) is 4.37. The van der Waals surface area contributed by atoms with Crippen molar-refractivity contribution in [3.63, 3.8) is 0 Å². The van der Waals surface area contributed by atoms with E-state index in [0.717, 1.165) is 27.7 Å². The first-order chi connectivity index (χ1) is 12.3. The molecule has 1 N–H and O–H groups in total. The Hall–Kier alpha value is -2.31. The van der Waals surface area contributed by atoms with Crippen molar-refractivity contribution < 1.29 is 9.53 Å². The first kappa shape index (κ1) is 17.5. The van der Waals surface area contributed by atoms with Gasteiger partial charge in [-0.3, -0.25) is 4.79 Å². The minimum absolute atomic E-state index is 0.0794. The highest BCUT2D eigenvalue weighted by molar-refractivity contribution is 7.98. The van der Waals surface area contributed by atoms with E-state index in [9.17, 15) is 4.79 Å². The molecule has 4 nitrogen and oxygen atoms in total. The van der Waals surface area contributed by atoms with E-state index in [1.807, 2.05) is 59.4 Å². The first-order valence-corrected chi connectivity index (χ1v) is 9.69. The van der Waals surface area contributed by atoms with Crippen molar-refractivity contribution in [2.24, 2.45) is 0 Å². The summed E-state index contributed by atoms with van der Waals surface area (Å²) < 4.78 is 5.21. The highest BCUT2D eigenvalue weighted by Gasteiger charge is 2.11. The summed E-state index contributed by atoms with van der Waals surface area (Å²) in [5, 5.41) is 5.01. The lowest BCUT2D eigenvalue weighted by molar-refractivity contribution is 0.0948. The summed E-state index contributed by atoms with van der Waals surface area (Å²) in [5.74, 6) is 1.46. The van der Waals surface area contributed by atoms with Gasteiger partial charge in [0.2, 0.25) is 0 Å². The van der Waals surface area contributed by atoms with Crippen molar-refractivity contribution in [1.82, 2.24) is 10.3 Å². The van der Waals surface area contributed by atoms with Crippen LogP contribution < -0.4 is 10.1 Å². The molecular formula is C19H18N2O2S2. The summed E-state index contributed by atoms with van der Waals surface area (Å²) in [5.41, 5.74) is 4.54. The zero-order valence-electron chi connectivity index (χ0n) is 13.8. The van der Waals surface area contributed by atoms with E-state index in [0.29, 0.717) is 12.1 Å². The fourth-order valence-electron chi connectivity index (χ4n) is 2.30. The number of hydrogen-bond donors (Lipinski definition) is 1. The number of carbonyl (C=O) groups is 1. The maximum atomic E-state index is 12.6. The minimum atomic E-state index is -0.0794. The average molecular weight is 370 g/mol. The lowest BCUT2D eigenvalue weighted by Crippen LogP contribution is -2.23. The van der Waals surface area contributed by atoms with Crippen LogP contribution in [0.1, 0.15) is 21.6 Å². The standard InChI is InChI=1S/C19H18N2O2S2/c1-23-16-6-4-5-14(9-16)10-20-19(22)17-7-2-3-8-18(17)25-12-15-11-24-13-21-15/h2-9,11,13H,10,12H2,1H3,(H,20,22). The molecule has 0 aliphatic rings. The second-order valence-corrected chi connectivity index (χ2v) is 7.03. The molecule has 0 aliphatic heterocycles. The second-order valence-electron chi connectivity index (χ2n) is 5.30. The number of carbonyl (C=O) groups excluding carboxylic acids is 1. The topological polar surface area (TPSA) is 51.2 Å². The van der Waals surface area contributed by atoms with E-state index in [1.165, 1.54) is 0 Å². The van der Waals surface area contributed by atoms with E-state index in [2.05, 4.69) is 10.3 Å². The first-order valence-electron chi connectivity index (χ1n) is 7.76. The molecule has 0 saturated carbocycles. The summed E-state index contributed by atoms with van der Waals surface area (Å²) in [7, 11) is 1.63. The number of thioether (sulfide) groups is 1. The van der Waals surface area contributed by atoms with E-state index in [-0.39, 0.29) is 5.91 Å². The van der Waals surface area contributed by atoms with Gasteiger partial charge < -0.3 is 10.1 Å². The van der Waals surface area contributed by atoms with Crippen molar-refractivity contribution in [1.29, 1.82) is 0 Å². The highest BCUT2D eigenvalue weighted by atomic mass is 32.2. The van der Waals surface area contributed by atoms with Crippen molar-refractivity contribution in [2.45, 2.75) is 17.2 Å². The molecule has 3 aromatic rings. The second kappa shape index (κ2) is 8.69. The molecule has 25 heavy (non-hydrogen) atoms. The Morgan fingerprint density at radius 3 is 2.92 bits per heavy atom. The Labute approximate surface area is 155 Å². The third kappa shape index (κ3) is 4.84. The largest absolute Gasteiger partial charge is 0.497 e. The van der Waals surface area contributed by atoms with Crippen LogP contribution in [0.4, 0.5) is 0 Å². The molecule has 0 saturated heterocycles. The van der Waals surface area contributed by atoms with Crippen LogP contribution in [0, 0.1) is 0 Å². The van der Waals surface area contributed by atoms with Gasteiger partial charge in [-0.25, -0.2) is 4.98 Å². The molecule has 0 unspecified atom stereocenters. The van der Waals surface area contributed by atoms with Crippen LogP contribution in [0.25, 0.3) is 0 Å². The third-order valence-corrected chi connectivity index (χ3v) is 5.32. The molecular weight excluding hydrogens is 352 g/mol. The SMILES string of the molecule is COc1cccc(CNC(=O)c2ccccc2SCc2cscn2)c1. The van der Waals surface area contributed by atoms with Crippen LogP contribution in [0.2, 0.25) is 0 Å².